The minimum absolute atomic E-state index is 0.287. The summed E-state index contributed by atoms with van der Waals surface area (Å²) in [4.78, 5) is 19.5. The van der Waals surface area contributed by atoms with Crippen molar-refractivity contribution >= 4 is 17.5 Å². The molecule has 1 amide bonds. The van der Waals surface area contributed by atoms with Crippen LogP contribution in [0, 0.1) is 5.92 Å². The Morgan fingerprint density at radius 2 is 2.07 bits per heavy atom. The first-order valence-corrected chi connectivity index (χ1v) is 11.8. The lowest BCUT2D eigenvalue weighted by Gasteiger charge is -2.35. The highest BCUT2D eigenvalue weighted by molar-refractivity contribution is 6.30. The van der Waals surface area contributed by atoms with Gasteiger partial charge in [-0.15, -0.1) is 0 Å². The van der Waals surface area contributed by atoms with Crippen LogP contribution in [0.25, 0.3) is 0 Å². The molecule has 2 atom stereocenters. The van der Waals surface area contributed by atoms with Gasteiger partial charge in [0.15, 0.2) is 0 Å². The average molecular weight is 421 g/mol. The van der Waals surface area contributed by atoms with E-state index in [1.165, 1.54) is 12.0 Å². The van der Waals surface area contributed by atoms with Crippen LogP contribution in [0.4, 0.5) is 0 Å². The van der Waals surface area contributed by atoms with Crippen LogP contribution in [0.15, 0.2) is 24.3 Å². The Kier molecular flexibility index (Phi) is 7.46. The lowest BCUT2D eigenvalue weighted by Crippen LogP contribution is -3.09. The van der Waals surface area contributed by atoms with E-state index in [0.717, 1.165) is 89.7 Å². The Hall–Kier alpha value is -1.14. The number of nitrogens with one attached hydrogen (secondary N) is 1. The first-order valence-electron chi connectivity index (χ1n) is 11.4. The van der Waals surface area contributed by atoms with Gasteiger partial charge in [0.05, 0.1) is 32.3 Å². The maximum atomic E-state index is 13.2. The molecule has 0 bridgehead atoms. The molecule has 1 unspecified atom stereocenters. The number of likely N-dealkylation sites (tertiary alicyclic amines) is 1. The second-order valence-corrected chi connectivity index (χ2v) is 9.36. The fourth-order valence-electron chi connectivity index (χ4n) is 4.92. The molecule has 5 nitrogen and oxygen atoms in total. The highest BCUT2D eigenvalue weighted by atomic mass is 35.5. The normalized spacial score (nSPS) is 25.7. The molecule has 29 heavy (non-hydrogen) atoms. The highest BCUT2D eigenvalue weighted by Gasteiger charge is 2.37. The number of rotatable bonds is 8. The van der Waals surface area contributed by atoms with Crippen LogP contribution in [0.1, 0.15) is 37.7 Å². The van der Waals surface area contributed by atoms with Crippen molar-refractivity contribution in [2.45, 2.75) is 44.7 Å². The minimum atomic E-state index is 0.287. The minimum Gasteiger partial charge on any atom is -0.379 e. The van der Waals surface area contributed by atoms with Gasteiger partial charge in [-0.05, 0) is 31.4 Å². The van der Waals surface area contributed by atoms with Gasteiger partial charge in [0.1, 0.15) is 6.54 Å². The summed E-state index contributed by atoms with van der Waals surface area (Å²) < 4.78 is 5.45. The van der Waals surface area contributed by atoms with E-state index in [4.69, 9.17) is 16.3 Å². The van der Waals surface area contributed by atoms with E-state index in [9.17, 15) is 4.79 Å². The second-order valence-electron chi connectivity index (χ2n) is 8.92. The van der Waals surface area contributed by atoms with E-state index in [0.29, 0.717) is 11.9 Å². The highest BCUT2D eigenvalue weighted by Crippen LogP contribution is 2.29. The number of benzene rings is 1. The maximum absolute atomic E-state index is 13.2. The lowest BCUT2D eigenvalue weighted by molar-refractivity contribution is -0.902. The summed E-state index contributed by atoms with van der Waals surface area (Å²) in [5.74, 6) is 0.711. The van der Waals surface area contributed by atoms with Crippen LogP contribution >= 0.6 is 11.6 Å². The molecular formula is C23H35ClN3O2+. The van der Waals surface area contributed by atoms with E-state index in [2.05, 4.69) is 21.9 Å². The molecule has 0 spiro atoms. The summed E-state index contributed by atoms with van der Waals surface area (Å²) in [5, 5.41) is 0.808. The molecule has 2 aliphatic heterocycles. The zero-order chi connectivity index (χ0) is 20.1. The maximum Gasteiger partial charge on any atom is 0.226 e. The van der Waals surface area contributed by atoms with Crippen LogP contribution in [0.3, 0.4) is 0 Å². The summed E-state index contributed by atoms with van der Waals surface area (Å²) >= 11 is 6.16. The van der Waals surface area contributed by atoms with E-state index >= 15 is 0 Å². The van der Waals surface area contributed by atoms with Crippen molar-refractivity contribution in [1.82, 2.24) is 9.80 Å². The van der Waals surface area contributed by atoms with Crippen molar-refractivity contribution in [1.29, 1.82) is 0 Å². The summed E-state index contributed by atoms with van der Waals surface area (Å²) in [6.07, 6.45) is 5.58. The molecule has 3 fully saturated rings. The topological polar surface area (TPSA) is 37.2 Å². The lowest BCUT2D eigenvalue weighted by atomic mass is 9.84. The fraction of sp³-hybridized carbons (Fsp3) is 0.696. The van der Waals surface area contributed by atoms with Crippen LogP contribution in [0.2, 0.25) is 5.02 Å². The molecule has 1 saturated carbocycles. The molecule has 2 heterocycles. The van der Waals surface area contributed by atoms with Gasteiger partial charge in [0.2, 0.25) is 5.91 Å². The average Bonchev–Trinajstić information content (AvgIpc) is 3.12. The number of amides is 1. The molecule has 1 aromatic rings. The van der Waals surface area contributed by atoms with Gasteiger partial charge in [0, 0.05) is 49.1 Å². The third-order valence-corrected chi connectivity index (χ3v) is 7.09. The summed E-state index contributed by atoms with van der Waals surface area (Å²) in [5.41, 5.74) is 1.29. The van der Waals surface area contributed by atoms with Gasteiger partial charge in [0.25, 0.3) is 0 Å². The number of carbonyl (C=O) groups excluding carboxylic acids is 1. The molecule has 1 aliphatic carbocycles. The molecule has 1 N–H and O–H groups in total. The van der Waals surface area contributed by atoms with Crippen LogP contribution in [-0.4, -0.2) is 74.2 Å². The number of carbonyl (C=O) groups is 1. The van der Waals surface area contributed by atoms with Crippen LogP contribution in [-0.2, 0) is 16.1 Å². The van der Waals surface area contributed by atoms with Gasteiger partial charge < -0.3 is 14.5 Å². The predicted molar refractivity (Wildman–Crippen MR) is 115 cm³/mol. The first-order chi connectivity index (χ1) is 14.2. The number of morpholine rings is 1. The van der Waals surface area contributed by atoms with Gasteiger partial charge in [-0.2, -0.15) is 0 Å². The van der Waals surface area contributed by atoms with E-state index in [1.54, 1.807) is 4.90 Å². The fourth-order valence-corrected chi connectivity index (χ4v) is 5.14. The Morgan fingerprint density at radius 1 is 1.24 bits per heavy atom. The Balaban J connectivity index is 1.32. The number of quaternary nitrogens is 1. The number of ether oxygens (including phenoxy) is 1. The van der Waals surface area contributed by atoms with Crippen molar-refractivity contribution in [3.05, 3.63) is 34.9 Å². The van der Waals surface area contributed by atoms with Gasteiger partial charge in [-0.3, -0.25) is 9.69 Å². The molecule has 4 rings (SSSR count). The summed E-state index contributed by atoms with van der Waals surface area (Å²) in [6, 6.07) is 8.58. The molecule has 0 aromatic heterocycles. The SMILES string of the molecule is O=C(C1CCC1)N(CCCN1CCOCC1)[C@H]1CC[NH+](Cc2cccc(Cl)c2)C1. The molecule has 3 aliphatic rings. The molecule has 6 heteroatoms. The molecule has 2 saturated heterocycles. The van der Waals surface area contributed by atoms with Crippen molar-refractivity contribution in [3.8, 4) is 0 Å². The number of nitrogens with zero attached hydrogens (tertiary/aromatic N) is 2. The largest absolute Gasteiger partial charge is 0.379 e. The first kappa shape index (κ1) is 21.1. The van der Waals surface area contributed by atoms with Crippen LogP contribution in [0.5, 0.6) is 0 Å². The predicted octanol–water partition coefficient (Wildman–Crippen LogP) is 1.85. The molecule has 0 radical (unpaired) electrons. The standard InChI is InChI=1S/C23H34ClN3O2/c24-21-7-1-4-19(16-21)17-26-11-8-22(18-26)27(23(28)20-5-2-6-20)10-3-9-25-12-14-29-15-13-25/h1,4,7,16,20,22H,2-3,5-6,8-15,17-18H2/p+1/t22-/m0/s1. The smallest absolute Gasteiger partial charge is 0.226 e. The van der Waals surface area contributed by atoms with Crippen molar-refractivity contribution < 1.29 is 14.4 Å². The zero-order valence-electron chi connectivity index (χ0n) is 17.5. The monoisotopic (exact) mass is 420 g/mol. The Morgan fingerprint density at radius 3 is 2.79 bits per heavy atom. The van der Waals surface area contributed by atoms with Crippen LogP contribution < -0.4 is 4.90 Å². The number of hydrogen-bond acceptors (Lipinski definition) is 3. The van der Waals surface area contributed by atoms with E-state index in [-0.39, 0.29) is 5.92 Å². The molecule has 160 valence electrons. The van der Waals surface area contributed by atoms with Gasteiger partial charge in [-0.25, -0.2) is 0 Å². The number of hydrogen-bond donors (Lipinski definition) is 1. The third-order valence-electron chi connectivity index (χ3n) is 6.85. The Labute approximate surface area is 179 Å². The summed E-state index contributed by atoms with van der Waals surface area (Å²) in [7, 11) is 0. The van der Waals surface area contributed by atoms with Gasteiger partial charge in [-0.1, -0.05) is 30.2 Å². The third kappa shape index (κ3) is 5.72. The second kappa shape index (κ2) is 10.3. The molecular weight excluding hydrogens is 386 g/mol. The van der Waals surface area contributed by atoms with E-state index in [1.807, 2.05) is 12.1 Å². The van der Waals surface area contributed by atoms with Gasteiger partial charge >= 0.3 is 0 Å². The summed E-state index contributed by atoms with van der Waals surface area (Å²) in [6.45, 7) is 8.90. The van der Waals surface area contributed by atoms with Crippen molar-refractivity contribution in [2.24, 2.45) is 5.92 Å². The quantitative estimate of drug-likeness (QED) is 0.697. The van der Waals surface area contributed by atoms with Crippen molar-refractivity contribution in [3.63, 3.8) is 0 Å². The van der Waals surface area contributed by atoms with Crippen molar-refractivity contribution in [2.75, 3.05) is 52.5 Å². The van der Waals surface area contributed by atoms with E-state index < -0.39 is 0 Å². The number of halogens is 1. The Bertz CT molecular complexity index is 676. The molecule has 1 aromatic carbocycles. The zero-order valence-corrected chi connectivity index (χ0v) is 18.2.